The van der Waals surface area contributed by atoms with E-state index in [1.54, 1.807) is 5.10 Å². The number of halogens is 3. The van der Waals surface area contributed by atoms with E-state index in [0.717, 1.165) is 6.20 Å². The summed E-state index contributed by atoms with van der Waals surface area (Å²) in [5, 5.41) is 14.6. The molecule has 1 fully saturated rings. The molecule has 8 heteroatoms. The van der Waals surface area contributed by atoms with Crippen molar-refractivity contribution in [1.82, 2.24) is 10.2 Å². The van der Waals surface area contributed by atoms with Crippen molar-refractivity contribution in [2.75, 3.05) is 11.4 Å². The Morgan fingerprint density at radius 1 is 1.61 bits per heavy atom. The summed E-state index contributed by atoms with van der Waals surface area (Å²) in [5.41, 5.74) is -2.80. The van der Waals surface area contributed by atoms with E-state index in [0.29, 0.717) is 13.0 Å². The molecule has 1 aromatic heterocycles. The van der Waals surface area contributed by atoms with Gasteiger partial charge in [-0.05, 0) is 13.3 Å². The Balaban J connectivity index is 2.46. The lowest BCUT2D eigenvalue weighted by Gasteiger charge is -2.44. The standard InChI is InChI=1S/C10H12F3N3O2/c1-5(17)6-2-3-16(6)7-4-14-15-9(18)8(7)10(11,12)13/h4-6,17H,2-3H2,1H3,(H,15,18)/t5?,6-/m1/s1. The van der Waals surface area contributed by atoms with Gasteiger partial charge in [0.25, 0.3) is 5.56 Å². The average molecular weight is 263 g/mol. The van der Waals surface area contributed by atoms with Crippen molar-refractivity contribution in [3.05, 3.63) is 22.1 Å². The highest BCUT2D eigenvalue weighted by atomic mass is 19.4. The van der Waals surface area contributed by atoms with Crippen molar-refractivity contribution in [2.24, 2.45) is 0 Å². The van der Waals surface area contributed by atoms with E-state index < -0.39 is 29.4 Å². The number of rotatable bonds is 2. The van der Waals surface area contributed by atoms with Gasteiger partial charge in [0.1, 0.15) is 5.56 Å². The Hall–Kier alpha value is -1.57. The van der Waals surface area contributed by atoms with Gasteiger partial charge >= 0.3 is 6.18 Å². The second kappa shape index (κ2) is 4.27. The lowest BCUT2D eigenvalue weighted by Crippen LogP contribution is -2.54. The van der Waals surface area contributed by atoms with E-state index in [9.17, 15) is 23.1 Å². The van der Waals surface area contributed by atoms with Gasteiger partial charge in [-0.15, -0.1) is 0 Å². The fourth-order valence-electron chi connectivity index (χ4n) is 2.09. The minimum atomic E-state index is -4.75. The van der Waals surface area contributed by atoms with E-state index in [1.165, 1.54) is 11.8 Å². The van der Waals surface area contributed by atoms with Gasteiger partial charge in [-0.25, -0.2) is 5.10 Å². The average Bonchev–Trinajstić information content (AvgIpc) is 2.12. The largest absolute Gasteiger partial charge is 0.423 e. The Morgan fingerprint density at radius 3 is 2.72 bits per heavy atom. The van der Waals surface area contributed by atoms with Crippen molar-refractivity contribution in [3.8, 4) is 0 Å². The minimum Gasteiger partial charge on any atom is -0.391 e. The molecule has 0 bridgehead atoms. The fourth-order valence-corrected chi connectivity index (χ4v) is 2.09. The quantitative estimate of drug-likeness (QED) is 0.826. The van der Waals surface area contributed by atoms with E-state index in [1.807, 2.05) is 0 Å². The number of anilines is 1. The van der Waals surface area contributed by atoms with Crippen LogP contribution in [-0.2, 0) is 6.18 Å². The van der Waals surface area contributed by atoms with E-state index in [-0.39, 0.29) is 5.69 Å². The summed E-state index contributed by atoms with van der Waals surface area (Å²) in [7, 11) is 0. The summed E-state index contributed by atoms with van der Waals surface area (Å²) in [6.07, 6.45) is -3.95. The van der Waals surface area contributed by atoms with Gasteiger partial charge in [-0.1, -0.05) is 0 Å². The molecule has 0 amide bonds. The fraction of sp³-hybridized carbons (Fsp3) is 0.600. The first-order chi connectivity index (χ1) is 8.32. The van der Waals surface area contributed by atoms with Crippen molar-refractivity contribution >= 4 is 5.69 Å². The summed E-state index contributed by atoms with van der Waals surface area (Å²) in [4.78, 5) is 12.6. The van der Waals surface area contributed by atoms with Crippen LogP contribution < -0.4 is 10.5 Å². The third-order valence-corrected chi connectivity index (χ3v) is 3.05. The highest BCUT2D eigenvalue weighted by Gasteiger charge is 2.42. The molecular formula is C10H12F3N3O2. The zero-order valence-electron chi connectivity index (χ0n) is 9.53. The number of nitrogens with one attached hydrogen (secondary N) is 1. The summed E-state index contributed by atoms with van der Waals surface area (Å²) in [5.74, 6) is 0. The first-order valence-corrected chi connectivity index (χ1v) is 5.42. The maximum Gasteiger partial charge on any atom is 0.423 e. The second-order valence-electron chi connectivity index (χ2n) is 4.25. The van der Waals surface area contributed by atoms with E-state index >= 15 is 0 Å². The predicted octanol–water partition coefficient (Wildman–Crippen LogP) is 0.748. The first-order valence-electron chi connectivity index (χ1n) is 5.42. The molecule has 0 aromatic carbocycles. The molecular weight excluding hydrogens is 251 g/mol. The summed E-state index contributed by atoms with van der Waals surface area (Å²) < 4.78 is 38.5. The summed E-state index contributed by atoms with van der Waals surface area (Å²) >= 11 is 0. The lowest BCUT2D eigenvalue weighted by molar-refractivity contribution is -0.138. The van der Waals surface area contributed by atoms with Crippen LogP contribution >= 0.6 is 0 Å². The van der Waals surface area contributed by atoms with Crippen LogP contribution in [0.3, 0.4) is 0 Å². The molecule has 18 heavy (non-hydrogen) atoms. The van der Waals surface area contributed by atoms with Crippen LogP contribution in [0.4, 0.5) is 18.9 Å². The monoisotopic (exact) mass is 263 g/mol. The molecule has 100 valence electrons. The number of aliphatic hydroxyl groups excluding tert-OH is 1. The van der Waals surface area contributed by atoms with Crippen LogP contribution in [0.2, 0.25) is 0 Å². The SMILES string of the molecule is CC(O)[C@H]1CCN1c1cn[nH]c(=O)c1C(F)(F)F. The number of aliphatic hydroxyl groups is 1. The second-order valence-corrected chi connectivity index (χ2v) is 4.25. The van der Waals surface area contributed by atoms with Crippen LogP contribution in [0.1, 0.15) is 18.9 Å². The van der Waals surface area contributed by atoms with Crippen LogP contribution in [0, 0.1) is 0 Å². The van der Waals surface area contributed by atoms with Crippen LogP contribution in [-0.4, -0.2) is 34.0 Å². The van der Waals surface area contributed by atoms with Crippen LogP contribution in [0.25, 0.3) is 0 Å². The molecule has 0 aliphatic carbocycles. The third-order valence-electron chi connectivity index (χ3n) is 3.05. The molecule has 2 atom stereocenters. The molecule has 1 unspecified atom stereocenters. The molecule has 1 saturated heterocycles. The summed E-state index contributed by atoms with van der Waals surface area (Å²) in [6, 6.07) is -0.408. The Morgan fingerprint density at radius 2 is 2.28 bits per heavy atom. The van der Waals surface area contributed by atoms with Crippen LogP contribution in [0.15, 0.2) is 11.0 Å². The molecule has 1 aromatic rings. The van der Waals surface area contributed by atoms with Gasteiger partial charge in [-0.2, -0.15) is 18.3 Å². The molecule has 2 N–H and O–H groups in total. The van der Waals surface area contributed by atoms with Gasteiger partial charge in [0, 0.05) is 6.54 Å². The minimum absolute atomic E-state index is 0.275. The van der Waals surface area contributed by atoms with Crippen molar-refractivity contribution in [1.29, 1.82) is 0 Å². The predicted molar refractivity (Wildman–Crippen MR) is 57.3 cm³/mol. The van der Waals surface area contributed by atoms with Crippen molar-refractivity contribution in [2.45, 2.75) is 31.7 Å². The van der Waals surface area contributed by atoms with E-state index in [2.05, 4.69) is 5.10 Å². The maximum atomic E-state index is 12.8. The molecule has 0 spiro atoms. The van der Waals surface area contributed by atoms with Crippen LogP contribution in [0.5, 0.6) is 0 Å². The molecule has 5 nitrogen and oxygen atoms in total. The number of aromatic amines is 1. The van der Waals surface area contributed by atoms with Gasteiger partial charge in [0.05, 0.1) is 24.0 Å². The Bertz CT molecular complexity index is 498. The van der Waals surface area contributed by atoms with E-state index in [4.69, 9.17) is 0 Å². The summed E-state index contributed by atoms with van der Waals surface area (Å²) in [6.45, 7) is 1.87. The lowest BCUT2D eigenvalue weighted by atomic mass is 9.96. The number of alkyl halides is 3. The normalized spacial score (nSPS) is 21.6. The number of H-pyrrole nitrogens is 1. The van der Waals surface area contributed by atoms with Crippen molar-refractivity contribution in [3.63, 3.8) is 0 Å². The third kappa shape index (κ3) is 2.07. The molecule has 1 aliphatic rings. The van der Waals surface area contributed by atoms with Crippen molar-refractivity contribution < 1.29 is 18.3 Å². The highest BCUT2D eigenvalue weighted by molar-refractivity contribution is 5.55. The van der Waals surface area contributed by atoms with Gasteiger partial charge in [0.2, 0.25) is 0 Å². The topological polar surface area (TPSA) is 69.2 Å². The van der Waals surface area contributed by atoms with Gasteiger partial charge in [-0.3, -0.25) is 4.79 Å². The molecule has 2 rings (SSSR count). The Labute approximate surface area is 100 Å². The number of hydrogen-bond acceptors (Lipinski definition) is 4. The molecule has 0 radical (unpaired) electrons. The van der Waals surface area contributed by atoms with Gasteiger partial charge < -0.3 is 10.0 Å². The molecule has 2 heterocycles. The maximum absolute atomic E-state index is 12.8. The number of aromatic nitrogens is 2. The highest BCUT2D eigenvalue weighted by Crippen LogP contribution is 2.37. The Kier molecular flexibility index (Phi) is 3.05. The molecule has 1 aliphatic heterocycles. The molecule has 0 saturated carbocycles. The zero-order valence-corrected chi connectivity index (χ0v) is 9.53. The first kappa shape index (κ1) is 12.9. The number of hydrogen-bond donors (Lipinski definition) is 2. The van der Waals surface area contributed by atoms with Gasteiger partial charge in [0.15, 0.2) is 0 Å². The zero-order chi connectivity index (χ0) is 13.5. The number of nitrogens with zero attached hydrogens (tertiary/aromatic N) is 2. The smallest absolute Gasteiger partial charge is 0.391 e.